The predicted octanol–water partition coefficient (Wildman–Crippen LogP) is 12.5. The zero-order valence-corrected chi connectivity index (χ0v) is 32.1. The summed E-state index contributed by atoms with van der Waals surface area (Å²) in [5.74, 6) is 0. The molecule has 7 aromatic carbocycles. The van der Waals surface area contributed by atoms with Crippen LogP contribution in [0.2, 0.25) is 0 Å². The quantitative estimate of drug-likeness (QED) is 0.105. The number of nitrogens with one attached hydrogen (secondary N) is 2. The number of aromatic nitrogens is 2. The first-order valence-corrected chi connectivity index (χ1v) is 19.2. The van der Waals surface area contributed by atoms with Gasteiger partial charge in [-0.05, 0) is 83.9 Å². The summed E-state index contributed by atoms with van der Waals surface area (Å²) < 4.78 is 4.61. The number of fused-ring (bicyclic) bond motifs is 6. The Bertz CT molecular complexity index is 2670. The number of hydrogen-bond donors (Lipinski definition) is 4. The molecule has 0 amide bonds. The topological polar surface area (TPSA) is 86.0 Å². The molecule has 0 aliphatic heterocycles. The summed E-state index contributed by atoms with van der Waals surface area (Å²) in [6.07, 6.45) is 10.7. The average Bonchev–Trinajstić information content (AvgIpc) is 3.80. The number of allylic oxidation sites excluding steroid dienone is 4. The lowest BCUT2D eigenvalue weighted by Gasteiger charge is -2.10. The van der Waals surface area contributed by atoms with Crippen LogP contribution in [0.15, 0.2) is 220 Å². The van der Waals surface area contributed by atoms with E-state index < -0.39 is 0 Å². The molecule has 0 saturated heterocycles. The summed E-state index contributed by atoms with van der Waals surface area (Å²) in [6.45, 7) is 6.93. The lowest BCUT2D eigenvalue weighted by molar-refractivity contribution is 1.18. The van der Waals surface area contributed by atoms with Crippen molar-refractivity contribution in [3.05, 3.63) is 231 Å². The lowest BCUT2D eigenvalue weighted by Crippen LogP contribution is -2.03. The fourth-order valence-electron chi connectivity index (χ4n) is 7.32. The SMILES string of the molecule is C=C/C=C\C=C.N/C(=C\Nc1ccc(-n2c3ccccc3c3ccccc32)cc1)c1ccc(/C(N)=C/Nc2ccc(-n3c4ccccc4c4ccccc43)cc2)cc1. The number of nitrogens with zero attached hydrogens (tertiary/aromatic N) is 2. The van der Waals surface area contributed by atoms with Gasteiger partial charge >= 0.3 is 0 Å². The van der Waals surface area contributed by atoms with Gasteiger partial charge in [-0.1, -0.05) is 135 Å². The number of hydrogen-bond acceptors (Lipinski definition) is 4. The Labute approximate surface area is 338 Å². The highest BCUT2D eigenvalue weighted by Gasteiger charge is 2.12. The second-order valence-corrected chi connectivity index (χ2v) is 13.8. The van der Waals surface area contributed by atoms with E-state index in [4.69, 9.17) is 11.5 Å². The molecule has 2 aromatic heterocycles. The van der Waals surface area contributed by atoms with Crippen LogP contribution in [0, 0.1) is 0 Å². The van der Waals surface area contributed by atoms with Gasteiger partial charge in [-0.15, -0.1) is 0 Å². The molecule has 2 heterocycles. The third-order valence-corrected chi connectivity index (χ3v) is 10.1. The number of para-hydroxylation sites is 4. The Morgan fingerprint density at radius 1 is 0.397 bits per heavy atom. The van der Waals surface area contributed by atoms with Gasteiger partial charge in [0, 0.05) is 56.7 Å². The van der Waals surface area contributed by atoms with Gasteiger partial charge < -0.3 is 31.2 Å². The van der Waals surface area contributed by atoms with Gasteiger partial charge in [-0.3, -0.25) is 0 Å². The molecule has 0 saturated carbocycles. The first-order chi connectivity index (χ1) is 28.5. The number of benzene rings is 7. The van der Waals surface area contributed by atoms with Crippen LogP contribution in [0.4, 0.5) is 11.4 Å². The Hall–Kier alpha value is -7.96. The molecule has 0 aliphatic rings. The monoisotopic (exact) mass is 752 g/mol. The largest absolute Gasteiger partial charge is 0.397 e. The summed E-state index contributed by atoms with van der Waals surface area (Å²) >= 11 is 0. The molecule has 58 heavy (non-hydrogen) atoms. The van der Waals surface area contributed by atoms with Crippen LogP contribution in [0.5, 0.6) is 0 Å². The first-order valence-electron chi connectivity index (χ1n) is 19.2. The van der Waals surface area contributed by atoms with Crippen molar-refractivity contribution < 1.29 is 0 Å². The number of rotatable bonds is 10. The van der Waals surface area contributed by atoms with Gasteiger partial charge in [-0.2, -0.15) is 0 Å². The van der Waals surface area contributed by atoms with Crippen LogP contribution >= 0.6 is 0 Å². The van der Waals surface area contributed by atoms with Crippen molar-refractivity contribution in [1.82, 2.24) is 9.13 Å². The minimum atomic E-state index is 0.627. The molecule has 0 atom stereocenters. The molecule has 6 N–H and O–H groups in total. The summed E-state index contributed by atoms with van der Waals surface area (Å²) in [5.41, 5.74) is 24.9. The van der Waals surface area contributed by atoms with E-state index in [-0.39, 0.29) is 0 Å². The van der Waals surface area contributed by atoms with Gasteiger partial charge in [0.15, 0.2) is 0 Å². The van der Waals surface area contributed by atoms with Gasteiger partial charge in [0.2, 0.25) is 0 Å². The van der Waals surface area contributed by atoms with Crippen LogP contribution in [0.3, 0.4) is 0 Å². The highest BCUT2D eigenvalue weighted by atomic mass is 15.0. The Morgan fingerprint density at radius 3 is 0.983 bits per heavy atom. The second kappa shape index (κ2) is 16.8. The van der Waals surface area contributed by atoms with Crippen molar-refractivity contribution in [3.8, 4) is 11.4 Å². The van der Waals surface area contributed by atoms with E-state index in [1.165, 1.54) is 43.6 Å². The highest BCUT2D eigenvalue weighted by molar-refractivity contribution is 6.10. The van der Waals surface area contributed by atoms with E-state index in [2.05, 4.69) is 179 Å². The van der Waals surface area contributed by atoms with E-state index in [1.807, 2.05) is 48.8 Å². The normalized spacial score (nSPS) is 11.9. The third-order valence-electron chi connectivity index (χ3n) is 10.1. The van der Waals surface area contributed by atoms with Gasteiger partial charge in [0.25, 0.3) is 0 Å². The van der Waals surface area contributed by atoms with Crippen molar-refractivity contribution in [3.63, 3.8) is 0 Å². The summed E-state index contributed by atoms with van der Waals surface area (Å²) in [6, 6.07) is 58.8. The zero-order chi connectivity index (χ0) is 39.8. The fraction of sp³-hybridized carbons (Fsp3) is 0. The summed E-state index contributed by atoms with van der Waals surface area (Å²) in [4.78, 5) is 0. The van der Waals surface area contributed by atoms with Crippen LogP contribution in [-0.2, 0) is 0 Å². The maximum Gasteiger partial charge on any atom is 0.0550 e. The summed E-state index contributed by atoms with van der Waals surface area (Å²) in [7, 11) is 0. The molecule has 282 valence electrons. The molecule has 9 rings (SSSR count). The molecule has 9 aromatic rings. The lowest BCUT2D eigenvalue weighted by atomic mass is 10.1. The van der Waals surface area contributed by atoms with Crippen LogP contribution in [0.1, 0.15) is 11.1 Å². The molecule has 6 heteroatoms. The Balaban J connectivity index is 0.000000729. The maximum absolute atomic E-state index is 6.48. The van der Waals surface area contributed by atoms with Crippen LogP contribution < -0.4 is 22.1 Å². The van der Waals surface area contributed by atoms with Crippen molar-refractivity contribution in [2.45, 2.75) is 0 Å². The van der Waals surface area contributed by atoms with Crippen molar-refractivity contribution in [2.75, 3.05) is 10.6 Å². The average molecular weight is 753 g/mol. The maximum atomic E-state index is 6.48. The van der Waals surface area contributed by atoms with E-state index in [0.29, 0.717) is 11.4 Å². The van der Waals surface area contributed by atoms with Crippen molar-refractivity contribution in [1.29, 1.82) is 0 Å². The molecule has 0 aliphatic carbocycles. The Kier molecular flexibility index (Phi) is 10.7. The first kappa shape index (κ1) is 37.0. The van der Waals surface area contributed by atoms with E-state index in [1.54, 1.807) is 12.2 Å². The van der Waals surface area contributed by atoms with E-state index in [9.17, 15) is 0 Å². The smallest absolute Gasteiger partial charge is 0.0550 e. The van der Waals surface area contributed by atoms with Gasteiger partial charge in [0.1, 0.15) is 0 Å². The minimum Gasteiger partial charge on any atom is -0.397 e. The number of nitrogens with two attached hydrogens (primary N) is 2. The predicted molar refractivity (Wildman–Crippen MR) is 249 cm³/mol. The molecular weight excluding hydrogens is 709 g/mol. The van der Waals surface area contributed by atoms with Crippen molar-refractivity contribution in [2.24, 2.45) is 11.5 Å². The van der Waals surface area contributed by atoms with Gasteiger partial charge in [0.05, 0.1) is 33.5 Å². The molecule has 0 fully saturated rings. The standard InChI is InChI=1S/C46H36N6.C6H8/c47-41(29-49-33-21-25-35(26-22-33)51-43-13-5-1-9-37(43)38-10-2-6-14-44(38)51)31-17-19-32(20-18-31)42(48)30-50-34-23-27-36(28-24-34)52-45-15-7-3-11-39(45)40-12-4-8-16-46(40)52;1-3-5-6-4-2/h1-30,49-50H,47-48H2;3-6H,1-2H2/b41-29-,42-30-;6-5-. The number of anilines is 2. The Morgan fingerprint density at radius 2 is 0.690 bits per heavy atom. The molecule has 0 spiro atoms. The molecule has 0 radical (unpaired) electrons. The zero-order valence-electron chi connectivity index (χ0n) is 32.1. The highest BCUT2D eigenvalue weighted by Crippen LogP contribution is 2.33. The van der Waals surface area contributed by atoms with Crippen molar-refractivity contribution >= 4 is 66.4 Å². The molecule has 0 unspecified atom stereocenters. The molecule has 6 nitrogen and oxygen atoms in total. The minimum absolute atomic E-state index is 0.627. The van der Waals surface area contributed by atoms with E-state index >= 15 is 0 Å². The molecular formula is C52H44N6. The van der Waals surface area contributed by atoms with Crippen LogP contribution in [0.25, 0.3) is 66.4 Å². The summed E-state index contributed by atoms with van der Waals surface area (Å²) in [5, 5.41) is 11.7. The molecule has 0 bridgehead atoms. The fourth-order valence-corrected chi connectivity index (χ4v) is 7.32. The third kappa shape index (κ3) is 7.50. The van der Waals surface area contributed by atoms with Crippen LogP contribution in [-0.4, -0.2) is 9.13 Å². The second-order valence-electron chi connectivity index (χ2n) is 13.8. The van der Waals surface area contributed by atoms with Gasteiger partial charge in [-0.25, -0.2) is 0 Å². The van der Waals surface area contributed by atoms with E-state index in [0.717, 1.165) is 33.9 Å².